The second-order valence-electron chi connectivity index (χ2n) is 4.40. The molecule has 0 atom stereocenters. The summed E-state index contributed by atoms with van der Waals surface area (Å²) in [7, 11) is 1.93. The van der Waals surface area contributed by atoms with E-state index in [0.29, 0.717) is 11.8 Å². The van der Waals surface area contributed by atoms with Crippen LogP contribution in [-0.2, 0) is 0 Å². The van der Waals surface area contributed by atoms with E-state index in [1.807, 2.05) is 14.0 Å². The van der Waals surface area contributed by atoms with E-state index in [9.17, 15) is 10.1 Å². The lowest BCUT2D eigenvalue weighted by Gasteiger charge is -2.35. The van der Waals surface area contributed by atoms with Gasteiger partial charge in [0.25, 0.3) is 5.69 Å². The Morgan fingerprint density at radius 1 is 1.47 bits per heavy atom. The van der Waals surface area contributed by atoms with E-state index in [4.69, 9.17) is 4.74 Å². The van der Waals surface area contributed by atoms with Crippen molar-refractivity contribution in [1.82, 2.24) is 5.32 Å². The summed E-state index contributed by atoms with van der Waals surface area (Å²) >= 11 is 0. The molecule has 5 heteroatoms. The highest BCUT2D eigenvalue weighted by Crippen LogP contribution is 2.30. The van der Waals surface area contributed by atoms with Gasteiger partial charge in [0.05, 0.1) is 11.0 Å². The zero-order valence-electron chi connectivity index (χ0n) is 9.97. The molecule has 1 aromatic rings. The molecule has 5 nitrogen and oxygen atoms in total. The van der Waals surface area contributed by atoms with E-state index in [2.05, 4.69) is 5.32 Å². The molecule has 1 saturated carbocycles. The predicted octanol–water partition coefficient (Wildman–Crippen LogP) is 2.03. The molecule has 1 fully saturated rings. The summed E-state index contributed by atoms with van der Waals surface area (Å²) in [4.78, 5) is 10.3. The molecule has 17 heavy (non-hydrogen) atoms. The first-order valence-corrected chi connectivity index (χ1v) is 5.69. The number of nitrogens with zero attached hydrogens (tertiary/aromatic N) is 1. The summed E-state index contributed by atoms with van der Waals surface area (Å²) < 4.78 is 5.76. The maximum atomic E-state index is 10.7. The Morgan fingerprint density at radius 3 is 2.76 bits per heavy atom. The first-order chi connectivity index (χ1) is 8.10. The molecular formula is C12H16N2O3. The number of nitrogens with one attached hydrogen (secondary N) is 1. The third kappa shape index (κ3) is 2.55. The molecule has 0 aliphatic heterocycles. The highest BCUT2D eigenvalue weighted by Gasteiger charge is 2.30. The lowest BCUT2D eigenvalue weighted by Crippen LogP contribution is -2.45. The van der Waals surface area contributed by atoms with Crippen LogP contribution in [0, 0.1) is 17.0 Å². The SMILES string of the molecule is CNC1CC(Oc2cc([N+](=O)[O-])ccc2C)C1. The minimum atomic E-state index is -0.399. The molecule has 1 aliphatic carbocycles. The van der Waals surface area contributed by atoms with Crippen LogP contribution in [0.3, 0.4) is 0 Å². The Bertz CT molecular complexity index is 428. The molecule has 0 saturated heterocycles. The minimum Gasteiger partial charge on any atom is -0.490 e. The van der Waals surface area contributed by atoms with Crippen LogP contribution in [-0.4, -0.2) is 24.1 Å². The molecular weight excluding hydrogens is 220 g/mol. The number of benzene rings is 1. The molecule has 0 heterocycles. The van der Waals surface area contributed by atoms with Gasteiger partial charge in [-0.25, -0.2) is 0 Å². The molecule has 0 amide bonds. The van der Waals surface area contributed by atoms with Gasteiger partial charge in [-0.15, -0.1) is 0 Å². The van der Waals surface area contributed by atoms with Crippen LogP contribution in [0.5, 0.6) is 5.75 Å². The summed E-state index contributed by atoms with van der Waals surface area (Å²) in [5, 5.41) is 13.8. The second-order valence-corrected chi connectivity index (χ2v) is 4.40. The highest BCUT2D eigenvalue weighted by molar-refractivity contribution is 5.43. The number of nitro benzene ring substituents is 1. The lowest BCUT2D eigenvalue weighted by molar-refractivity contribution is -0.385. The quantitative estimate of drug-likeness (QED) is 0.641. The fourth-order valence-electron chi connectivity index (χ4n) is 1.91. The van der Waals surface area contributed by atoms with Gasteiger partial charge >= 0.3 is 0 Å². The predicted molar refractivity (Wildman–Crippen MR) is 64.3 cm³/mol. The van der Waals surface area contributed by atoms with Gasteiger partial charge < -0.3 is 10.1 Å². The van der Waals surface area contributed by atoms with Gasteiger partial charge in [0.1, 0.15) is 11.9 Å². The molecule has 1 N–H and O–H groups in total. The van der Waals surface area contributed by atoms with Gasteiger partial charge in [0, 0.05) is 12.1 Å². The Morgan fingerprint density at radius 2 is 2.18 bits per heavy atom. The van der Waals surface area contributed by atoms with Gasteiger partial charge in [-0.3, -0.25) is 10.1 Å². The first kappa shape index (κ1) is 11.9. The van der Waals surface area contributed by atoms with Crippen molar-refractivity contribution in [3.05, 3.63) is 33.9 Å². The average molecular weight is 236 g/mol. The van der Waals surface area contributed by atoms with Crippen LogP contribution in [0.15, 0.2) is 18.2 Å². The maximum Gasteiger partial charge on any atom is 0.273 e. The second kappa shape index (κ2) is 4.71. The monoisotopic (exact) mass is 236 g/mol. The van der Waals surface area contributed by atoms with E-state index in [1.54, 1.807) is 6.07 Å². The van der Waals surface area contributed by atoms with Gasteiger partial charge in [0.2, 0.25) is 0 Å². The fourth-order valence-corrected chi connectivity index (χ4v) is 1.91. The Balaban J connectivity index is 2.05. The summed E-state index contributed by atoms with van der Waals surface area (Å²) in [5.41, 5.74) is 1.01. The molecule has 0 unspecified atom stereocenters. The van der Waals surface area contributed by atoms with Crippen LogP contribution in [0.1, 0.15) is 18.4 Å². The number of aryl methyl sites for hydroxylation is 1. The number of nitro groups is 1. The van der Waals surface area contributed by atoms with Crippen molar-refractivity contribution in [2.75, 3.05) is 7.05 Å². The van der Waals surface area contributed by atoms with E-state index in [1.165, 1.54) is 12.1 Å². The van der Waals surface area contributed by atoms with Crippen molar-refractivity contribution in [1.29, 1.82) is 0 Å². The van der Waals surface area contributed by atoms with Crippen LogP contribution in [0.25, 0.3) is 0 Å². The number of rotatable bonds is 4. The van der Waals surface area contributed by atoms with Crippen molar-refractivity contribution in [3.63, 3.8) is 0 Å². The van der Waals surface area contributed by atoms with Crippen molar-refractivity contribution < 1.29 is 9.66 Å². The Hall–Kier alpha value is -1.62. The lowest BCUT2D eigenvalue weighted by atomic mass is 9.89. The molecule has 0 aromatic heterocycles. The number of ether oxygens (including phenoxy) is 1. The molecule has 1 aromatic carbocycles. The summed E-state index contributed by atoms with van der Waals surface area (Å²) in [6, 6.07) is 5.24. The molecule has 0 radical (unpaired) electrons. The summed E-state index contributed by atoms with van der Waals surface area (Å²) in [6.45, 7) is 1.90. The van der Waals surface area contributed by atoms with Gasteiger partial charge in [-0.1, -0.05) is 0 Å². The molecule has 92 valence electrons. The number of hydrogen-bond donors (Lipinski definition) is 1. The van der Waals surface area contributed by atoms with E-state index < -0.39 is 4.92 Å². The van der Waals surface area contributed by atoms with Crippen molar-refractivity contribution in [2.24, 2.45) is 0 Å². The Labute approximate surface area is 99.9 Å². The van der Waals surface area contributed by atoms with Crippen LogP contribution >= 0.6 is 0 Å². The van der Waals surface area contributed by atoms with Crippen LogP contribution in [0.4, 0.5) is 5.69 Å². The van der Waals surface area contributed by atoms with Crippen LogP contribution in [0.2, 0.25) is 0 Å². The standard InChI is InChI=1S/C12H16N2O3/c1-8-3-4-10(14(15)16)7-12(8)17-11-5-9(6-11)13-2/h3-4,7,9,11,13H,5-6H2,1-2H3. The largest absolute Gasteiger partial charge is 0.490 e. The topological polar surface area (TPSA) is 64.4 Å². The third-order valence-electron chi connectivity index (χ3n) is 3.18. The Kier molecular flexibility index (Phi) is 3.28. The smallest absolute Gasteiger partial charge is 0.273 e. The summed E-state index contributed by atoms with van der Waals surface area (Å²) in [5.74, 6) is 0.624. The molecule has 2 rings (SSSR count). The van der Waals surface area contributed by atoms with Crippen molar-refractivity contribution in [2.45, 2.75) is 31.9 Å². The zero-order chi connectivity index (χ0) is 12.4. The average Bonchev–Trinajstić information content (AvgIpc) is 2.24. The highest BCUT2D eigenvalue weighted by atomic mass is 16.6. The van der Waals surface area contributed by atoms with Crippen molar-refractivity contribution in [3.8, 4) is 5.75 Å². The van der Waals surface area contributed by atoms with E-state index in [-0.39, 0.29) is 11.8 Å². The number of non-ortho nitro benzene ring substituents is 1. The third-order valence-corrected chi connectivity index (χ3v) is 3.18. The number of hydrogen-bond acceptors (Lipinski definition) is 4. The first-order valence-electron chi connectivity index (χ1n) is 5.69. The van der Waals surface area contributed by atoms with Gasteiger partial charge in [0.15, 0.2) is 0 Å². The van der Waals surface area contributed by atoms with Crippen LogP contribution < -0.4 is 10.1 Å². The fraction of sp³-hybridized carbons (Fsp3) is 0.500. The zero-order valence-corrected chi connectivity index (χ0v) is 9.97. The molecule has 0 spiro atoms. The summed E-state index contributed by atoms with van der Waals surface area (Å²) in [6.07, 6.45) is 2.09. The van der Waals surface area contributed by atoms with E-state index >= 15 is 0 Å². The normalized spacial score (nSPS) is 22.9. The maximum absolute atomic E-state index is 10.7. The van der Waals surface area contributed by atoms with Crippen molar-refractivity contribution >= 4 is 5.69 Å². The van der Waals surface area contributed by atoms with E-state index in [0.717, 1.165) is 18.4 Å². The molecule has 1 aliphatic rings. The van der Waals surface area contributed by atoms with Gasteiger partial charge in [-0.2, -0.15) is 0 Å². The molecule has 0 bridgehead atoms. The van der Waals surface area contributed by atoms with Gasteiger partial charge in [-0.05, 0) is 38.4 Å². The minimum absolute atomic E-state index is 0.0788.